The van der Waals surface area contributed by atoms with Crippen molar-refractivity contribution in [3.05, 3.63) is 0 Å². The van der Waals surface area contributed by atoms with Crippen LogP contribution in [0.4, 0.5) is 0 Å². The Morgan fingerprint density at radius 1 is 1.29 bits per heavy atom. The van der Waals surface area contributed by atoms with Gasteiger partial charge in [0.15, 0.2) is 0 Å². The van der Waals surface area contributed by atoms with Gasteiger partial charge in [0.25, 0.3) is 0 Å². The first kappa shape index (κ1) is 9.13. The average molecular weight is 197 g/mol. The normalized spacial score (nSPS) is 46.9. The van der Waals surface area contributed by atoms with Crippen molar-refractivity contribution in [2.45, 2.75) is 18.9 Å². The molecule has 0 bridgehead atoms. The van der Waals surface area contributed by atoms with E-state index < -0.39 is 0 Å². The lowest BCUT2D eigenvalue weighted by Gasteiger charge is -2.22. The first-order valence-electron chi connectivity index (χ1n) is 5.83. The Hall–Kier alpha value is -0.120. The van der Waals surface area contributed by atoms with E-state index in [1.807, 2.05) is 0 Å². The monoisotopic (exact) mass is 197 g/mol. The molecule has 0 aromatic heterocycles. The highest BCUT2D eigenvalue weighted by Gasteiger charge is 2.54. The molecule has 80 valence electrons. The van der Waals surface area contributed by atoms with Crippen molar-refractivity contribution in [3.8, 4) is 0 Å². The van der Waals surface area contributed by atoms with Crippen molar-refractivity contribution < 1.29 is 9.84 Å². The van der Waals surface area contributed by atoms with E-state index in [2.05, 4.69) is 4.90 Å². The Labute approximate surface area is 85.0 Å². The third kappa shape index (κ3) is 1.47. The van der Waals surface area contributed by atoms with Crippen LogP contribution in [0.15, 0.2) is 0 Å². The van der Waals surface area contributed by atoms with Crippen molar-refractivity contribution in [3.63, 3.8) is 0 Å². The van der Waals surface area contributed by atoms with E-state index in [0.29, 0.717) is 18.6 Å². The minimum Gasteiger partial charge on any atom is -0.396 e. The summed E-state index contributed by atoms with van der Waals surface area (Å²) < 4.78 is 5.63. The zero-order chi connectivity index (χ0) is 9.54. The highest BCUT2D eigenvalue weighted by atomic mass is 16.5. The molecule has 1 aliphatic carbocycles. The molecule has 0 amide bonds. The lowest BCUT2D eigenvalue weighted by molar-refractivity contribution is 0.0742. The number of hydrogen-bond acceptors (Lipinski definition) is 3. The number of ether oxygens (including phenoxy) is 1. The topological polar surface area (TPSA) is 32.7 Å². The standard InChI is InChI=1S/C11H19NO2/c13-7-11-9-5-12(6-10(9)11)4-8-2-1-3-14-8/h8-11,13H,1-7H2. The Kier molecular flexibility index (Phi) is 2.26. The van der Waals surface area contributed by atoms with Crippen LogP contribution in [0.25, 0.3) is 0 Å². The van der Waals surface area contributed by atoms with Crippen LogP contribution in [0.5, 0.6) is 0 Å². The fraction of sp³-hybridized carbons (Fsp3) is 1.00. The minimum absolute atomic E-state index is 0.406. The molecule has 3 fully saturated rings. The first-order valence-corrected chi connectivity index (χ1v) is 5.83. The zero-order valence-electron chi connectivity index (χ0n) is 8.56. The summed E-state index contributed by atoms with van der Waals surface area (Å²) in [7, 11) is 0. The summed E-state index contributed by atoms with van der Waals surface area (Å²) in [4.78, 5) is 2.53. The molecule has 0 aromatic rings. The quantitative estimate of drug-likeness (QED) is 0.708. The van der Waals surface area contributed by atoms with Crippen LogP contribution in [-0.2, 0) is 4.74 Å². The summed E-state index contributed by atoms with van der Waals surface area (Å²) in [5.74, 6) is 2.25. The molecular formula is C11H19NO2. The van der Waals surface area contributed by atoms with Gasteiger partial charge < -0.3 is 14.7 Å². The van der Waals surface area contributed by atoms with Gasteiger partial charge in [0, 0.05) is 32.8 Å². The van der Waals surface area contributed by atoms with Gasteiger partial charge >= 0.3 is 0 Å². The van der Waals surface area contributed by atoms with Crippen LogP contribution < -0.4 is 0 Å². The number of hydrogen-bond donors (Lipinski definition) is 1. The molecule has 0 spiro atoms. The summed E-state index contributed by atoms with van der Waals surface area (Å²) in [5, 5.41) is 9.04. The molecule has 0 radical (unpaired) electrons. The van der Waals surface area contributed by atoms with Gasteiger partial charge in [-0.25, -0.2) is 0 Å². The maximum atomic E-state index is 9.04. The number of aliphatic hydroxyl groups is 1. The highest BCUT2D eigenvalue weighted by Crippen LogP contribution is 2.51. The van der Waals surface area contributed by atoms with E-state index in [1.165, 1.54) is 25.9 Å². The van der Waals surface area contributed by atoms with Crippen molar-refractivity contribution in [1.29, 1.82) is 0 Å². The van der Waals surface area contributed by atoms with E-state index in [0.717, 1.165) is 25.0 Å². The molecule has 3 unspecified atom stereocenters. The van der Waals surface area contributed by atoms with Gasteiger partial charge in [-0.3, -0.25) is 0 Å². The molecule has 2 aliphatic heterocycles. The van der Waals surface area contributed by atoms with Crippen LogP contribution in [-0.4, -0.2) is 49.0 Å². The second-order valence-electron chi connectivity index (χ2n) is 5.03. The van der Waals surface area contributed by atoms with Crippen LogP contribution in [0.1, 0.15) is 12.8 Å². The van der Waals surface area contributed by atoms with Crippen LogP contribution in [0.2, 0.25) is 0 Å². The van der Waals surface area contributed by atoms with Gasteiger partial charge in [0.1, 0.15) is 0 Å². The third-order valence-electron chi connectivity index (χ3n) is 4.14. The number of piperidine rings is 1. The first-order chi connectivity index (χ1) is 6.88. The summed E-state index contributed by atoms with van der Waals surface area (Å²) in [5.41, 5.74) is 0. The largest absolute Gasteiger partial charge is 0.396 e. The Morgan fingerprint density at radius 3 is 2.64 bits per heavy atom. The van der Waals surface area contributed by atoms with Crippen molar-refractivity contribution in [2.75, 3.05) is 32.8 Å². The van der Waals surface area contributed by atoms with Crippen molar-refractivity contribution >= 4 is 0 Å². The van der Waals surface area contributed by atoms with E-state index in [9.17, 15) is 0 Å². The Balaban J connectivity index is 1.45. The van der Waals surface area contributed by atoms with E-state index in [-0.39, 0.29) is 0 Å². The maximum Gasteiger partial charge on any atom is 0.0702 e. The lowest BCUT2D eigenvalue weighted by Crippen LogP contribution is -2.32. The minimum atomic E-state index is 0.406. The number of aliphatic hydroxyl groups excluding tert-OH is 1. The molecule has 2 heterocycles. The summed E-state index contributed by atoms with van der Waals surface area (Å²) in [6.07, 6.45) is 2.99. The molecule has 1 N–H and O–H groups in total. The molecule has 1 saturated carbocycles. The molecule has 14 heavy (non-hydrogen) atoms. The molecular weight excluding hydrogens is 178 g/mol. The van der Waals surface area contributed by atoms with Crippen LogP contribution in [0.3, 0.4) is 0 Å². The molecule has 0 aromatic carbocycles. The van der Waals surface area contributed by atoms with Crippen LogP contribution >= 0.6 is 0 Å². The van der Waals surface area contributed by atoms with Gasteiger partial charge in [0.2, 0.25) is 0 Å². The SMILES string of the molecule is OCC1C2CN(CC3CCCO3)CC12. The van der Waals surface area contributed by atoms with E-state index in [1.54, 1.807) is 0 Å². The Bertz CT molecular complexity index is 203. The fourth-order valence-electron chi connectivity index (χ4n) is 3.23. The molecule has 2 saturated heterocycles. The maximum absolute atomic E-state index is 9.04. The highest BCUT2D eigenvalue weighted by molar-refractivity contribution is 5.04. The van der Waals surface area contributed by atoms with E-state index >= 15 is 0 Å². The zero-order valence-corrected chi connectivity index (χ0v) is 8.56. The number of rotatable bonds is 3. The average Bonchev–Trinajstić information content (AvgIpc) is 2.63. The van der Waals surface area contributed by atoms with Gasteiger partial charge in [0.05, 0.1) is 6.10 Å². The molecule has 3 atom stereocenters. The van der Waals surface area contributed by atoms with Gasteiger partial charge in [-0.05, 0) is 30.6 Å². The Morgan fingerprint density at radius 2 is 2.07 bits per heavy atom. The van der Waals surface area contributed by atoms with Gasteiger partial charge in [-0.2, -0.15) is 0 Å². The number of likely N-dealkylation sites (tertiary alicyclic amines) is 1. The van der Waals surface area contributed by atoms with E-state index in [4.69, 9.17) is 9.84 Å². The lowest BCUT2D eigenvalue weighted by atomic mass is 10.2. The van der Waals surface area contributed by atoms with Gasteiger partial charge in [-0.1, -0.05) is 0 Å². The fourth-order valence-corrected chi connectivity index (χ4v) is 3.23. The predicted octanol–water partition coefficient (Wildman–Crippen LogP) is 0.335. The molecule has 3 rings (SSSR count). The third-order valence-corrected chi connectivity index (χ3v) is 4.14. The smallest absolute Gasteiger partial charge is 0.0702 e. The number of nitrogens with zero attached hydrogens (tertiary/aromatic N) is 1. The molecule has 3 heteroatoms. The second-order valence-corrected chi connectivity index (χ2v) is 5.03. The van der Waals surface area contributed by atoms with Gasteiger partial charge in [-0.15, -0.1) is 0 Å². The number of fused-ring (bicyclic) bond motifs is 1. The molecule has 3 nitrogen and oxygen atoms in total. The van der Waals surface area contributed by atoms with Crippen LogP contribution in [0, 0.1) is 17.8 Å². The summed E-state index contributed by atoms with van der Waals surface area (Å²) >= 11 is 0. The second kappa shape index (κ2) is 3.47. The van der Waals surface area contributed by atoms with Crippen molar-refractivity contribution in [2.24, 2.45) is 17.8 Å². The molecule has 3 aliphatic rings. The summed E-state index contributed by atoms with van der Waals surface area (Å²) in [6, 6.07) is 0. The predicted molar refractivity (Wildman–Crippen MR) is 53.0 cm³/mol. The van der Waals surface area contributed by atoms with Crippen molar-refractivity contribution in [1.82, 2.24) is 4.90 Å². The summed E-state index contributed by atoms with van der Waals surface area (Å²) in [6.45, 7) is 4.91.